The molecule has 0 heterocycles. The third-order valence-corrected chi connectivity index (χ3v) is 2.40. The minimum Gasteiger partial charge on any atom is -0.481 e. The predicted octanol–water partition coefficient (Wildman–Crippen LogP) is 0.113. The first-order valence-electron chi connectivity index (χ1n) is 5.64. The number of nitrogens with two attached hydrogens (primary N) is 1. The van der Waals surface area contributed by atoms with Crippen molar-refractivity contribution in [2.45, 2.75) is 5.92 Å². The number of carbonyl (C=O) groups is 2. The second-order valence-corrected chi connectivity index (χ2v) is 3.73. The van der Waals surface area contributed by atoms with Crippen LogP contribution < -0.4 is 16.4 Å². The number of benzene rings is 1. The fourth-order valence-electron chi connectivity index (χ4n) is 1.48. The normalized spacial score (nSPS) is 11.6. The van der Waals surface area contributed by atoms with E-state index in [-0.39, 0.29) is 6.54 Å². The molecular formula is C12H17N3O3. The average molecular weight is 251 g/mol. The molecule has 1 rings (SSSR count). The van der Waals surface area contributed by atoms with Crippen LogP contribution in [0, 0.1) is 0 Å². The Balaban J connectivity index is 2.55. The van der Waals surface area contributed by atoms with Crippen LogP contribution in [0.1, 0.15) is 11.5 Å². The summed E-state index contributed by atoms with van der Waals surface area (Å²) in [6, 6.07) is 8.36. The third kappa shape index (κ3) is 4.42. The topological polar surface area (TPSA) is 104 Å². The molecule has 1 aromatic carbocycles. The standard InChI is InChI=1S/C12H17N3O3/c13-6-7-14-12(18)15-8-10(11(16)17)9-4-2-1-3-5-9/h1-5,10H,6-8,13H2,(H,16,17)(H2,14,15,18). The zero-order chi connectivity index (χ0) is 13.4. The Bertz CT molecular complexity index is 395. The number of rotatable bonds is 6. The highest BCUT2D eigenvalue weighted by Gasteiger charge is 2.19. The number of nitrogens with one attached hydrogen (secondary N) is 2. The van der Waals surface area contributed by atoms with Gasteiger partial charge in [0, 0.05) is 19.6 Å². The van der Waals surface area contributed by atoms with E-state index in [4.69, 9.17) is 10.8 Å². The maximum absolute atomic E-state index is 11.3. The van der Waals surface area contributed by atoms with E-state index in [0.717, 1.165) is 0 Å². The summed E-state index contributed by atoms with van der Waals surface area (Å²) in [5.74, 6) is -1.73. The van der Waals surface area contributed by atoms with E-state index < -0.39 is 17.9 Å². The van der Waals surface area contributed by atoms with E-state index >= 15 is 0 Å². The number of carboxylic acids is 1. The zero-order valence-corrected chi connectivity index (χ0v) is 9.93. The summed E-state index contributed by atoms with van der Waals surface area (Å²) in [5, 5.41) is 14.1. The monoisotopic (exact) mass is 251 g/mol. The molecule has 1 unspecified atom stereocenters. The summed E-state index contributed by atoms with van der Waals surface area (Å²) in [6.45, 7) is 0.735. The third-order valence-electron chi connectivity index (χ3n) is 2.40. The van der Waals surface area contributed by atoms with Crippen molar-refractivity contribution in [2.75, 3.05) is 19.6 Å². The van der Waals surface area contributed by atoms with Gasteiger partial charge in [0.2, 0.25) is 0 Å². The molecule has 0 fully saturated rings. The van der Waals surface area contributed by atoms with Crippen molar-refractivity contribution in [1.82, 2.24) is 10.6 Å². The van der Waals surface area contributed by atoms with Crippen LogP contribution in [-0.2, 0) is 4.79 Å². The lowest BCUT2D eigenvalue weighted by molar-refractivity contribution is -0.138. The maximum atomic E-state index is 11.3. The first kappa shape index (κ1) is 14.0. The molecule has 6 nitrogen and oxygen atoms in total. The van der Waals surface area contributed by atoms with Crippen LogP contribution in [0.4, 0.5) is 4.79 Å². The lowest BCUT2D eigenvalue weighted by Crippen LogP contribution is -2.41. The van der Waals surface area contributed by atoms with E-state index in [0.29, 0.717) is 18.7 Å². The smallest absolute Gasteiger partial charge is 0.314 e. The number of hydrogen-bond acceptors (Lipinski definition) is 3. The Kier molecular flexibility index (Phi) is 5.66. The average Bonchev–Trinajstić information content (AvgIpc) is 2.37. The maximum Gasteiger partial charge on any atom is 0.314 e. The van der Waals surface area contributed by atoms with Gasteiger partial charge in [0.25, 0.3) is 0 Å². The van der Waals surface area contributed by atoms with Gasteiger partial charge in [-0.15, -0.1) is 0 Å². The molecule has 0 spiro atoms. The van der Waals surface area contributed by atoms with Gasteiger partial charge in [0.1, 0.15) is 0 Å². The van der Waals surface area contributed by atoms with Crippen molar-refractivity contribution in [1.29, 1.82) is 0 Å². The molecule has 1 aromatic rings. The van der Waals surface area contributed by atoms with Gasteiger partial charge in [-0.25, -0.2) is 4.79 Å². The summed E-state index contributed by atoms with van der Waals surface area (Å²) in [5.41, 5.74) is 5.89. The van der Waals surface area contributed by atoms with Crippen LogP contribution >= 0.6 is 0 Å². The van der Waals surface area contributed by atoms with Crippen molar-refractivity contribution in [2.24, 2.45) is 5.73 Å². The van der Waals surface area contributed by atoms with Crippen LogP contribution in [0.15, 0.2) is 30.3 Å². The van der Waals surface area contributed by atoms with Gasteiger partial charge < -0.3 is 21.5 Å². The lowest BCUT2D eigenvalue weighted by atomic mass is 9.99. The molecule has 98 valence electrons. The predicted molar refractivity (Wildman–Crippen MR) is 67.3 cm³/mol. The Morgan fingerprint density at radius 1 is 1.22 bits per heavy atom. The Hall–Kier alpha value is -2.08. The van der Waals surface area contributed by atoms with Crippen molar-refractivity contribution in [3.05, 3.63) is 35.9 Å². The summed E-state index contributed by atoms with van der Waals surface area (Å²) in [6.07, 6.45) is 0. The largest absolute Gasteiger partial charge is 0.481 e. The van der Waals surface area contributed by atoms with E-state index in [1.807, 2.05) is 6.07 Å². The number of hydrogen-bond donors (Lipinski definition) is 4. The molecule has 0 aliphatic rings. The van der Waals surface area contributed by atoms with Crippen LogP contribution in [-0.4, -0.2) is 36.7 Å². The molecule has 5 N–H and O–H groups in total. The van der Waals surface area contributed by atoms with E-state index in [2.05, 4.69) is 10.6 Å². The lowest BCUT2D eigenvalue weighted by Gasteiger charge is -2.14. The van der Waals surface area contributed by atoms with Gasteiger partial charge in [-0.1, -0.05) is 30.3 Å². The number of aliphatic carboxylic acids is 1. The van der Waals surface area contributed by atoms with Crippen LogP contribution in [0.5, 0.6) is 0 Å². The Morgan fingerprint density at radius 2 is 1.89 bits per heavy atom. The van der Waals surface area contributed by atoms with Gasteiger partial charge >= 0.3 is 12.0 Å². The van der Waals surface area contributed by atoms with Crippen LogP contribution in [0.25, 0.3) is 0 Å². The van der Waals surface area contributed by atoms with Gasteiger partial charge in [-0.3, -0.25) is 4.79 Å². The molecule has 0 aliphatic carbocycles. The summed E-state index contributed by atoms with van der Waals surface area (Å²) in [7, 11) is 0. The number of urea groups is 1. The van der Waals surface area contributed by atoms with Crippen molar-refractivity contribution in [3.63, 3.8) is 0 Å². The van der Waals surface area contributed by atoms with Gasteiger partial charge in [0.15, 0.2) is 0 Å². The quantitative estimate of drug-likeness (QED) is 0.576. The molecule has 0 aromatic heterocycles. The molecule has 0 saturated heterocycles. The first-order chi connectivity index (χ1) is 8.65. The van der Waals surface area contributed by atoms with Gasteiger partial charge in [-0.05, 0) is 5.56 Å². The second-order valence-electron chi connectivity index (χ2n) is 3.73. The molecule has 0 radical (unpaired) electrons. The number of carboxylic acid groups (broad SMARTS) is 1. The Morgan fingerprint density at radius 3 is 2.44 bits per heavy atom. The summed E-state index contributed by atoms with van der Waals surface area (Å²) < 4.78 is 0. The first-order valence-corrected chi connectivity index (χ1v) is 5.64. The minimum absolute atomic E-state index is 0.0375. The molecular weight excluding hydrogens is 234 g/mol. The van der Waals surface area contributed by atoms with Crippen molar-refractivity contribution >= 4 is 12.0 Å². The summed E-state index contributed by atoms with van der Waals surface area (Å²) >= 11 is 0. The molecule has 2 amide bonds. The summed E-state index contributed by atoms with van der Waals surface area (Å²) in [4.78, 5) is 22.4. The fraction of sp³-hybridized carbons (Fsp3) is 0.333. The van der Waals surface area contributed by atoms with Gasteiger partial charge in [-0.2, -0.15) is 0 Å². The van der Waals surface area contributed by atoms with Crippen molar-refractivity contribution < 1.29 is 14.7 Å². The van der Waals surface area contributed by atoms with Crippen molar-refractivity contribution in [3.8, 4) is 0 Å². The highest BCUT2D eigenvalue weighted by Crippen LogP contribution is 2.14. The fourth-order valence-corrected chi connectivity index (χ4v) is 1.48. The SMILES string of the molecule is NCCNC(=O)NCC(C(=O)O)c1ccccc1. The highest BCUT2D eigenvalue weighted by atomic mass is 16.4. The highest BCUT2D eigenvalue weighted by molar-refractivity contribution is 5.79. The second kappa shape index (κ2) is 7.29. The molecule has 18 heavy (non-hydrogen) atoms. The Labute approximate surface area is 105 Å². The van der Waals surface area contributed by atoms with Gasteiger partial charge in [0.05, 0.1) is 5.92 Å². The van der Waals surface area contributed by atoms with Crippen LogP contribution in [0.2, 0.25) is 0 Å². The van der Waals surface area contributed by atoms with E-state index in [9.17, 15) is 9.59 Å². The molecule has 0 bridgehead atoms. The number of amides is 2. The number of carbonyl (C=O) groups excluding carboxylic acids is 1. The molecule has 0 aliphatic heterocycles. The van der Waals surface area contributed by atoms with E-state index in [1.165, 1.54) is 0 Å². The van der Waals surface area contributed by atoms with Crippen LogP contribution in [0.3, 0.4) is 0 Å². The molecule has 6 heteroatoms. The zero-order valence-electron chi connectivity index (χ0n) is 9.93. The van der Waals surface area contributed by atoms with E-state index in [1.54, 1.807) is 24.3 Å². The minimum atomic E-state index is -0.972. The molecule has 0 saturated carbocycles. The molecule has 1 atom stereocenters.